The number of halogens is 1. The van der Waals surface area contributed by atoms with Crippen molar-refractivity contribution in [2.45, 2.75) is 0 Å². The molecule has 0 radical (unpaired) electrons. The molecule has 0 fully saturated rings. The molecule has 1 heterocycles. The highest BCUT2D eigenvalue weighted by atomic mass is 19.1. The Labute approximate surface area is 101 Å². The van der Waals surface area contributed by atoms with E-state index in [0.29, 0.717) is 0 Å². The van der Waals surface area contributed by atoms with E-state index in [1.807, 2.05) is 0 Å². The predicted molar refractivity (Wildman–Crippen MR) is 65.8 cm³/mol. The van der Waals surface area contributed by atoms with Gasteiger partial charge in [-0.2, -0.15) is 0 Å². The normalized spacial score (nSPS) is 10.1. The molecule has 1 amide bonds. The zero-order chi connectivity index (χ0) is 13.1. The molecule has 0 saturated carbocycles. The number of hydrogen-bond acceptors (Lipinski definition) is 3. The Morgan fingerprint density at radius 3 is 2.72 bits per heavy atom. The van der Waals surface area contributed by atoms with Crippen molar-refractivity contribution in [1.29, 1.82) is 0 Å². The van der Waals surface area contributed by atoms with Crippen LogP contribution in [0, 0.1) is 5.82 Å². The van der Waals surface area contributed by atoms with Crippen molar-refractivity contribution in [1.82, 2.24) is 4.98 Å². The number of nitrogen functional groups attached to an aromatic ring is 1. The summed E-state index contributed by atoms with van der Waals surface area (Å²) in [6.07, 6.45) is 0. The van der Waals surface area contributed by atoms with Crippen LogP contribution in [0.4, 0.5) is 15.8 Å². The maximum absolute atomic E-state index is 12.8. The van der Waals surface area contributed by atoms with Gasteiger partial charge in [0, 0.05) is 6.07 Å². The summed E-state index contributed by atoms with van der Waals surface area (Å²) in [4.78, 5) is 25.2. The van der Waals surface area contributed by atoms with Crippen LogP contribution in [-0.4, -0.2) is 10.9 Å². The van der Waals surface area contributed by atoms with Crippen molar-refractivity contribution in [3.8, 4) is 0 Å². The Morgan fingerprint density at radius 2 is 2.06 bits per heavy atom. The fourth-order valence-electron chi connectivity index (χ4n) is 1.42. The number of anilines is 2. The van der Waals surface area contributed by atoms with E-state index in [1.54, 1.807) is 0 Å². The van der Waals surface area contributed by atoms with Gasteiger partial charge in [-0.15, -0.1) is 0 Å². The van der Waals surface area contributed by atoms with E-state index in [1.165, 1.54) is 30.3 Å². The van der Waals surface area contributed by atoms with Crippen LogP contribution in [0.1, 0.15) is 10.5 Å². The summed E-state index contributed by atoms with van der Waals surface area (Å²) in [6, 6.07) is 7.84. The van der Waals surface area contributed by atoms with E-state index < -0.39 is 11.7 Å². The largest absolute Gasteiger partial charge is 0.397 e. The monoisotopic (exact) mass is 247 g/mol. The van der Waals surface area contributed by atoms with Gasteiger partial charge in [-0.3, -0.25) is 9.59 Å². The van der Waals surface area contributed by atoms with Crippen LogP contribution in [0.2, 0.25) is 0 Å². The van der Waals surface area contributed by atoms with Crippen LogP contribution in [0.5, 0.6) is 0 Å². The lowest BCUT2D eigenvalue weighted by molar-refractivity contribution is 0.102. The molecule has 0 unspecified atom stereocenters. The number of carbonyl (C=O) groups is 1. The molecule has 1 aromatic carbocycles. The molecule has 1 aromatic heterocycles. The van der Waals surface area contributed by atoms with Crippen molar-refractivity contribution in [2.75, 3.05) is 11.1 Å². The molecule has 0 saturated heterocycles. The van der Waals surface area contributed by atoms with E-state index in [-0.39, 0.29) is 22.6 Å². The van der Waals surface area contributed by atoms with Crippen LogP contribution in [0.3, 0.4) is 0 Å². The molecular formula is C12H10FN3O2. The number of rotatable bonds is 2. The van der Waals surface area contributed by atoms with Gasteiger partial charge in [-0.1, -0.05) is 6.07 Å². The number of pyridine rings is 1. The summed E-state index contributed by atoms with van der Waals surface area (Å²) in [5, 5.41) is 2.48. The van der Waals surface area contributed by atoms with Crippen molar-refractivity contribution in [3.05, 3.63) is 58.3 Å². The highest BCUT2D eigenvalue weighted by Gasteiger charge is 2.09. The van der Waals surface area contributed by atoms with Crippen molar-refractivity contribution >= 4 is 17.3 Å². The van der Waals surface area contributed by atoms with E-state index in [9.17, 15) is 14.0 Å². The Balaban J connectivity index is 2.24. The number of aromatic nitrogens is 1. The number of benzene rings is 1. The molecule has 0 atom stereocenters. The van der Waals surface area contributed by atoms with Gasteiger partial charge in [0.15, 0.2) is 0 Å². The van der Waals surface area contributed by atoms with Crippen LogP contribution < -0.4 is 16.6 Å². The van der Waals surface area contributed by atoms with Gasteiger partial charge in [0.2, 0.25) is 5.56 Å². The van der Waals surface area contributed by atoms with Gasteiger partial charge in [-0.05, 0) is 24.3 Å². The molecule has 2 rings (SSSR count). The van der Waals surface area contributed by atoms with Crippen molar-refractivity contribution in [3.63, 3.8) is 0 Å². The van der Waals surface area contributed by atoms with Gasteiger partial charge >= 0.3 is 0 Å². The Hall–Kier alpha value is -2.63. The Morgan fingerprint density at radius 1 is 1.28 bits per heavy atom. The molecule has 0 aliphatic heterocycles. The van der Waals surface area contributed by atoms with Crippen molar-refractivity contribution in [2.24, 2.45) is 0 Å². The third-order valence-electron chi connectivity index (χ3n) is 2.27. The quantitative estimate of drug-likeness (QED) is 0.700. The number of H-pyrrole nitrogens is 1. The third-order valence-corrected chi connectivity index (χ3v) is 2.27. The van der Waals surface area contributed by atoms with Crippen LogP contribution in [0.15, 0.2) is 41.2 Å². The predicted octanol–water partition coefficient (Wildman–Crippen LogP) is 1.35. The molecule has 0 spiro atoms. The van der Waals surface area contributed by atoms with Gasteiger partial charge in [-0.25, -0.2) is 4.39 Å². The number of nitrogens with two attached hydrogens (primary N) is 1. The summed E-state index contributed by atoms with van der Waals surface area (Å²) in [5.41, 5.74) is 5.67. The molecule has 18 heavy (non-hydrogen) atoms. The minimum atomic E-state index is -0.522. The molecule has 2 aromatic rings. The first-order valence-electron chi connectivity index (χ1n) is 5.12. The summed E-state index contributed by atoms with van der Waals surface area (Å²) in [5.74, 6) is -1.01. The maximum Gasteiger partial charge on any atom is 0.272 e. The van der Waals surface area contributed by atoms with E-state index in [0.717, 1.165) is 6.07 Å². The number of aromatic amines is 1. The van der Waals surface area contributed by atoms with Gasteiger partial charge in [0.25, 0.3) is 5.91 Å². The number of nitrogens with one attached hydrogen (secondary N) is 2. The SMILES string of the molecule is Nc1cc(F)ccc1NC(=O)c1cccc(=O)[nH]1. The maximum atomic E-state index is 12.8. The molecule has 92 valence electrons. The molecule has 0 bridgehead atoms. The average molecular weight is 247 g/mol. The minimum absolute atomic E-state index is 0.103. The number of hydrogen-bond donors (Lipinski definition) is 3. The second-order valence-corrected chi connectivity index (χ2v) is 3.61. The van der Waals surface area contributed by atoms with Gasteiger partial charge in [0.05, 0.1) is 11.4 Å². The van der Waals surface area contributed by atoms with Crippen LogP contribution in [0.25, 0.3) is 0 Å². The van der Waals surface area contributed by atoms with E-state index in [2.05, 4.69) is 10.3 Å². The number of carbonyl (C=O) groups excluding carboxylic acids is 1. The van der Waals surface area contributed by atoms with Crippen LogP contribution in [-0.2, 0) is 0 Å². The smallest absolute Gasteiger partial charge is 0.272 e. The number of amides is 1. The minimum Gasteiger partial charge on any atom is -0.397 e. The first-order chi connectivity index (χ1) is 8.56. The molecule has 0 aliphatic rings. The van der Waals surface area contributed by atoms with Crippen molar-refractivity contribution < 1.29 is 9.18 Å². The molecule has 4 N–H and O–H groups in total. The van der Waals surface area contributed by atoms with E-state index >= 15 is 0 Å². The lowest BCUT2D eigenvalue weighted by Gasteiger charge is -2.07. The Bertz CT molecular complexity index is 652. The topological polar surface area (TPSA) is 88.0 Å². The fraction of sp³-hybridized carbons (Fsp3) is 0. The lowest BCUT2D eigenvalue weighted by atomic mass is 10.2. The second kappa shape index (κ2) is 4.70. The summed E-state index contributed by atoms with van der Waals surface area (Å²) in [6.45, 7) is 0. The average Bonchev–Trinajstić information content (AvgIpc) is 2.32. The highest BCUT2D eigenvalue weighted by molar-refractivity contribution is 6.04. The third kappa shape index (κ3) is 2.54. The molecule has 0 aliphatic carbocycles. The standard InChI is InChI=1S/C12H10FN3O2/c13-7-4-5-9(8(14)6-7)16-12(18)10-2-1-3-11(17)15-10/h1-6H,14H2,(H,15,17)(H,16,18). The molecule has 6 heteroatoms. The van der Waals surface area contributed by atoms with Crippen LogP contribution >= 0.6 is 0 Å². The Kier molecular flexibility index (Phi) is 3.09. The molecule has 5 nitrogen and oxygen atoms in total. The van der Waals surface area contributed by atoms with E-state index in [4.69, 9.17) is 5.73 Å². The first kappa shape index (κ1) is 11.8. The highest BCUT2D eigenvalue weighted by Crippen LogP contribution is 2.19. The summed E-state index contributed by atoms with van der Waals surface area (Å²) >= 11 is 0. The summed E-state index contributed by atoms with van der Waals surface area (Å²) in [7, 11) is 0. The van der Waals surface area contributed by atoms with Gasteiger partial charge in [0.1, 0.15) is 11.5 Å². The molecular weight excluding hydrogens is 237 g/mol. The lowest BCUT2D eigenvalue weighted by Crippen LogP contribution is -2.18. The fourth-order valence-corrected chi connectivity index (χ4v) is 1.42. The summed E-state index contributed by atoms with van der Waals surface area (Å²) < 4.78 is 12.8. The first-order valence-corrected chi connectivity index (χ1v) is 5.12. The van der Waals surface area contributed by atoms with Gasteiger partial charge < -0.3 is 16.0 Å². The second-order valence-electron chi connectivity index (χ2n) is 3.61. The zero-order valence-corrected chi connectivity index (χ0v) is 9.24. The zero-order valence-electron chi connectivity index (χ0n) is 9.24.